The predicted molar refractivity (Wildman–Crippen MR) is 70.6 cm³/mol. The average molecular weight is 259 g/mol. The van der Waals surface area contributed by atoms with Gasteiger partial charge in [0, 0.05) is 23.1 Å². The molecule has 19 heavy (non-hydrogen) atoms. The molecule has 2 aromatic rings. The molecule has 1 aliphatic carbocycles. The van der Waals surface area contributed by atoms with Crippen LogP contribution < -0.4 is 0 Å². The fourth-order valence-electron chi connectivity index (χ4n) is 2.10. The van der Waals surface area contributed by atoms with E-state index in [-0.39, 0.29) is 11.1 Å². The molecule has 0 spiro atoms. The SMILES string of the molecule is CC(C)(C)c1cc2nc(C3CC3)cc(C(=O)O)n2n1. The van der Waals surface area contributed by atoms with Crippen LogP contribution in [0.4, 0.5) is 0 Å². The van der Waals surface area contributed by atoms with Crippen molar-refractivity contribution < 1.29 is 9.90 Å². The number of nitrogens with zero attached hydrogens (tertiary/aromatic N) is 3. The van der Waals surface area contributed by atoms with Crippen LogP contribution in [0.15, 0.2) is 12.1 Å². The van der Waals surface area contributed by atoms with Crippen molar-refractivity contribution >= 4 is 11.6 Å². The van der Waals surface area contributed by atoms with E-state index < -0.39 is 5.97 Å². The van der Waals surface area contributed by atoms with E-state index in [9.17, 15) is 9.90 Å². The highest BCUT2D eigenvalue weighted by Crippen LogP contribution is 2.39. The van der Waals surface area contributed by atoms with Crippen molar-refractivity contribution in [1.82, 2.24) is 14.6 Å². The summed E-state index contributed by atoms with van der Waals surface area (Å²) < 4.78 is 1.44. The maximum absolute atomic E-state index is 11.4. The minimum Gasteiger partial charge on any atom is -0.477 e. The van der Waals surface area contributed by atoms with E-state index in [0.717, 1.165) is 24.2 Å². The van der Waals surface area contributed by atoms with Crippen molar-refractivity contribution in [3.63, 3.8) is 0 Å². The van der Waals surface area contributed by atoms with Gasteiger partial charge in [0.1, 0.15) is 0 Å². The third-order valence-electron chi connectivity index (χ3n) is 3.43. The number of carboxylic acid groups (broad SMARTS) is 1. The summed E-state index contributed by atoms with van der Waals surface area (Å²) in [5.74, 6) is -0.533. The van der Waals surface area contributed by atoms with Gasteiger partial charge in [0.05, 0.1) is 5.69 Å². The zero-order chi connectivity index (χ0) is 13.8. The predicted octanol–water partition coefficient (Wildman–Crippen LogP) is 2.60. The Morgan fingerprint density at radius 1 is 1.37 bits per heavy atom. The quantitative estimate of drug-likeness (QED) is 0.900. The van der Waals surface area contributed by atoms with Gasteiger partial charge in [0.2, 0.25) is 0 Å². The largest absolute Gasteiger partial charge is 0.477 e. The summed E-state index contributed by atoms with van der Waals surface area (Å²) in [5.41, 5.74) is 2.44. The summed E-state index contributed by atoms with van der Waals surface area (Å²) in [6.07, 6.45) is 2.20. The van der Waals surface area contributed by atoms with E-state index in [1.807, 2.05) is 6.07 Å². The molecule has 0 bridgehead atoms. The summed E-state index contributed by atoms with van der Waals surface area (Å²) in [6, 6.07) is 3.55. The molecular weight excluding hydrogens is 242 g/mol. The molecule has 1 aliphatic rings. The molecule has 0 atom stereocenters. The maximum atomic E-state index is 11.4. The molecule has 2 heterocycles. The Balaban J connectivity index is 2.24. The zero-order valence-corrected chi connectivity index (χ0v) is 11.3. The first-order valence-corrected chi connectivity index (χ1v) is 6.51. The van der Waals surface area contributed by atoms with Gasteiger partial charge in [-0.15, -0.1) is 0 Å². The Morgan fingerprint density at radius 3 is 2.58 bits per heavy atom. The van der Waals surface area contributed by atoms with Crippen LogP contribution in [0.25, 0.3) is 5.65 Å². The minimum atomic E-state index is -0.960. The van der Waals surface area contributed by atoms with Crippen LogP contribution in [0, 0.1) is 0 Å². The van der Waals surface area contributed by atoms with Gasteiger partial charge < -0.3 is 5.11 Å². The number of hydrogen-bond acceptors (Lipinski definition) is 3. The van der Waals surface area contributed by atoms with E-state index in [1.54, 1.807) is 6.07 Å². The van der Waals surface area contributed by atoms with E-state index in [2.05, 4.69) is 30.9 Å². The number of carbonyl (C=O) groups is 1. The van der Waals surface area contributed by atoms with Crippen LogP contribution in [0.5, 0.6) is 0 Å². The van der Waals surface area contributed by atoms with Crippen LogP contribution in [0.3, 0.4) is 0 Å². The molecule has 5 nitrogen and oxygen atoms in total. The third kappa shape index (κ3) is 2.09. The summed E-state index contributed by atoms with van der Waals surface area (Å²) in [4.78, 5) is 15.9. The van der Waals surface area contributed by atoms with Gasteiger partial charge in [0.25, 0.3) is 0 Å². The van der Waals surface area contributed by atoms with Crippen LogP contribution in [0.1, 0.15) is 61.4 Å². The van der Waals surface area contributed by atoms with Crippen LogP contribution in [0.2, 0.25) is 0 Å². The monoisotopic (exact) mass is 259 g/mol. The van der Waals surface area contributed by atoms with Gasteiger partial charge in [-0.2, -0.15) is 5.10 Å². The summed E-state index contributed by atoms with van der Waals surface area (Å²) >= 11 is 0. The highest BCUT2D eigenvalue weighted by molar-refractivity contribution is 5.86. The second-order valence-corrected chi connectivity index (χ2v) is 6.20. The zero-order valence-electron chi connectivity index (χ0n) is 11.3. The van der Waals surface area contributed by atoms with Gasteiger partial charge >= 0.3 is 5.97 Å². The molecule has 0 aromatic carbocycles. The lowest BCUT2D eigenvalue weighted by molar-refractivity contribution is 0.0687. The molecule has 0 amide bonds. The summed E-state index contributed by atoms with van der Waals surface area (Å²) in [7, 11) is 0. The van der Waals surface area contributed by atoms with E-state index in [0.29, 0.717) is 11.6 Å². The number of carboxylic acids is 1. The highest BCUT2D eigenvalue weighted by atomic mass is 16.4. The first-order chi connectivity index (χ1) is 8.86. The first kappa shape index (κ1) is 12.1. The fraction of sp³-hybridized carbons (Fsp3) is 0.500. The molecule has 1 saturated carbocycles. The second-order valence-electron chi connectivity index (χ2n) is 6.20. The van der Waals surface area contributed by atoms with Crippen LogP contribution >= 0.6 is 0 Å². The number of aromatic nitrogens is 3. The Hall–Kier alpha value is -1.91. The molecule has 0 unspecified atom stereocenters. The van der Waals surface area contributed by atoms with Crippen LogP contribution in [-0.2, 0) is 5.41 Å². The van der Waals surface area contributed by atoms with E-state index >= 15 is 0 Å². The van der Waals surface area contributed by atoms with Gasteiger partial charge in [0.15, 0.2) is 11.3 Å². The number of rotatable bonds is 2. The Morgan fingerprint density at radius 2 is 2.05 bits per heavy atom. The second kappa shape index (κ2) is 3.79. The number of fused-ring (bicyclic) bond motifs is 1. The Bertz CT molecular complexity index is 663. The van der Waals surface area contributed by atoms with E-state index in [1.165, 1.54) is 4.52 Å². The molecule has 0 saturated heterocycles. The standard InChI is InChI=1S/C14H17N3O2/c1-14(2,3)11-7-12-15-9(8-4-5-8)6-10(13(18)19)17(12)16-11/h6-8H,4-5H2,1-3H3,(H,18,19). The summed E-state index contributed by atoms with van der Waals surface area (Å²) in [6.45, 7) is 6.16. The lowest BCUT2D eigenvalue weighted by atomic mass is 9.93. The molecular formula is C14H17N3O2. The topological polar surface area (TPSA) is 67.5 Å². The van der Waals surface area contributed by atoms with Gasteiger partial charge in [-0.05, 0) is 18.9 Å². The highest BCUT2D eigenvalue weighted by Gasteiger charge is 2.28. The third-order valence-corrected chi connectivity index (χ3v) is 3.43. The van der Waals surface area contributed by atoms with Crippen molar-refractivity contribution in [2.24, 2.45) is 0 Å². The molecule has 1 fully saturated rings. The van der Waals surface area contributed by atoms with Crippen molar-refractivity contribution in [2.75, 3.05) is 0 Å². The van der Waals surface area contributed by atoms with E-state index in [4.69, 9.17) is 0 Å². The molecule has 100 valence electrons. The van der Waals surface area contributed by atoms with Crippen LogP contribution in [-0.4, -0.2) is 25.7 Å². The molecule has 1 N–H and O–H groups in total. The summed E-state index contributed by atoms with van der Waals surface area (Å²) in [5, 5.41) is 13.7. The molecule has 5 heteroatoms. The molecule has 0 radical (unpaired) electrons. The maximum Gasteiger partial charge on any atom is 0.354 e. The van der Waals surface area contributed by atoms with Gasteiger partial charge in [-0.1, -0.05) is 20.8 Å². The number of hydrogen-bond donors (Lipinski definition) is 1. The van der Waals surface area contributed by atoms with Crippen molar-refractivity contribution in [2.45, 2.75) is 44.9 Å². The van der Waals surface area contributed by atoms with Gasteiger partial charge in [-0.3, -0.25) is 0 Å². The fourth-order valence-corrected chi connectivity index (χ4v) is 2.10. The Kier molecular flexibility index (Phi) is 2.42. The minimum absolute atomic E-state index is 0.122. The normalized spacial score (nSPS) is 15.9. The van der Waals surface area contributed by atoms with Crippen molar-refractivity contribution in [3.05, 3.63) is 29.2 Å². The van der Waals surface area contributed by atoms with Crippen molar-refractivity contribution in [1.29, 1.82) is 0 Å². The smallest absolute Gasteiger partial charge is 0.354 e. The van der Waals surface area contributed by atoms with Gasteiger partial charge in [-0.25, -0.2) is 14.3 Å². The number of aromatic carboxylic acids is 1. The average Bonchev–Trinajstić information content (AvgIpc) is 3.05. The lowest BCUT2D eigenvalue weighted by Gasteiger charge is -2.13. The first-order valence-electron chi connectivity index (χ1n) is 6.51. The lowest BCUT2D eigenvalue weighted by Crippen LogP contribution is -2.13. The Labute approximate surface area is 111 Å². The van der Waals surface area contributed by atoms with Crippen molar-refractivity contribution in [3.8, 4) is 0 Å². The molecule has 0 aliphatic heterocycles. The molecule has 2 aromatic heterocycles. The molecule has 3 rings (SSSR count).